The maximum Gasteiger partial charge on any atom is 0.335 e. The van der Waals surface area contributed by atoms with Gasteiger partial charge in [0.05, 0.1) is 11.7 Å². The molecule has 7 rings (SSSR count). The van der Waals surface area contributed by atoms with Gasteiger partial charge in [-0.15, -0.1) is 0 Å². The van der Waals surface area contributed by atoms with Crippen LogP contribution in [0.2, 0.25) is 5.02 Å². The number of carbonyl (C=O) groups is 2. The van der Waals surface area contributed by atoms with E-state index in [1.165, 1.54) is 6.07 Å². The average molecular weight is 697 g/mol. The number of aliphatic hydroxyl groups is 1. The maximum atomic E-state index is 16.1. The van der Waals surface area contributed by atoms with E-state index in [2.05, 4.69) is 9.55 Å². The number of piperidine rings is 1. The van der Waals surface area contributed by atoms with Crippen LogP contribution < -0.4 is 9.30 Å². The first-order chi connectivity index (χ1) is 24.2. The van der Waals surface area contributed by atoms with Gasteiger partial charge in [-0.25, -0.2) is 18.7 Å². The minimum atomic E-state index is -1.02. The van der Waals surface area contributed by atoms with Gasteiger partial charge in [-0.2, -0.15) is 0 Å². The van der Waals surface area contributed by atoms with Crippen LogP contribution in [0.4, 0.5) is 4.39 Å². The van der Waals surface area contributed by atoms with E-state index in [0.717, 1.165) is 60.7 Å². The van der Waals surface area contributed by atoms with E-state index >= 15 is 4.39 Å². The first-order valence-electron chi connectivity index (χ1n) is 17.3. The Kier molecular flexibility index (Phi) is 9.88. The lowest BCUT2D eigenvalue weighted by Crippen LogP contribution is -2.40. The van der Waals surface area contributed by atoms with Crippen LogP contribution in [0.3, 0.4) is 0 Å². The third-order valence-corrected chi connectivity index (χ3v) is 10.3. The van der Waals surface area contributed by atoms with Crippen LogP contribution >= 0.6 is 11.6 Å². The third-order valence-electron chi connectivity index (χ3n) is 10.0. The van der Waals surface area contributed by atoms with Crippen molar-refractivity contribution in [2.45, 2.75) is 70.1 Å². The summed E-state index contributed by atoms with van der Waals surface area (Å²) >= 11 is 6.16. The number of fused-ring (bicyclic) bond motifs is 1. The number of nitrogens with one attached hydrogen (secondary N) is 1. The van der Waals surface area contributed by atoms with Crippen LogP contribution in [-0.4, -0.2) is 51.2 Å². The number of imidazole rings is 1. The Labute approximate surface area is 295 Å². The normalized spacial score (nSPS) is 16.0. The first-order valence-corrected chi connectivity index (χ1v) is 17.7. The second-order valence-corrected chi connectivity index (χ2v) is 13.8. The summed E-state index contributed by atoms with van der Waals surface area (Å²) in [5.41, 5.74) is 5.09. The molecule has 10 heteroatoms. The van der Waals surface area contributed by atoms with Gasteiger partial charge in [0.2, 0.25) is 0 Å². The zero-order valence-corrected chi connectivity index (χ0v) is 28.5. The number of rotatable bonds is 8. The molecule has 0 bridgehead atoms. The van der Waals surface area contributed by atoms with Gasteiger partial charge in [-0.05, 0) is 104 Å². The van der Waals surface area contributed by atoms with Crippen molar-refractivity contribution >= 4 is 34.5 Å². The summed E-state index contributed by atoms with van der Waals surface area (Å²) in [4.78, 5) is 30.3. The monoisotopic (exact) mass is 696 g/mol. The Hall–Kier alpha value is -4.73. The Morgan fingerprint density at radius 3 is 2.26 bits per heavy atom. The number of nitrogens with zero attached hydrogens (tertiary/aromatic N) is 2. The van der Waals surface area contributed by atoms with Gasteiger partial charge in [-0.1, -0.05) is 42.6 Å². The van der Waals surface area contributed by atoms with E-state index in [1.54, 1.807) is 35.2 Å². The van der Waals surface area contributed by atoms with Crippen LogP contribution in [0.1, 0.15) is 83.7 Å². The van der Waals surface area contributed by atoms with E-state index < -0.39 is 11.8 Å². The van der Waals surface area contributed by atoms with E-state index in [-0.39, 0.29) is 30.2 Å². The molecule has 1 amide bonds. The molecule has 5 aromatic rings. The van der Waals surface area contributed by atoms with Crippen LogP contribution in [0.15, 0.2) is 78.9 Å². The molecule has 1 saturated heterocycles. The van der Waals surface area contributed by atoms with E-state index in [9.17, 15) is 19.8 Å². The van der Waals surface area contributed by atoms with Crippen molar-refractivity contribution in [3.63, 3.8) is 0 Å². The molecule has 0 spiro atoms. The van der Waals surface area contributed by atoms with Crippen LogP contribution in [0, 0.1) is 5.82 Å². The van der Waals surface area contributed by atoms with Crippen molar-refractivity contribution in [3.05, 3.63) is 106 Å². The fourth-order valence-electron chi connectivity index (χ4n) is 7.33. The molecule has 2 aliphatic rings. The van der Waals surface area contributed by atoms with Crippen molar-refractivity contribution in [1.82, 2.24) is 9.88 Å². The molecule has 8 nitrogen and oxygen atoms in total. The second-order valence-electron chi connectivity index (χ2n) is 13.4. The number of hydrogen-bond donors (Lipinski definition) is 3. The first kappa shape index (κ1) is 33.8. The van der Waals surface area contributed by atoms with E-state index in [0.29, 0.717) is 59.2 Å². The number of carboxylic acids is 1. The molecule has 3 N–H and O–H groups in total. The third kappa shape index (κ3) is 7.11. The number of aliphatic hydroxyl groups excluding tert-OH is 1. The molecule has 1 aliphatic carbocycles. The van der Waals surface area contributed by atoms with Gasteiger partial charge in [-0.3, -0.25) is 4.79 Å². The minimum Gasteiger partial charge on any atom is -0.489 e. The van der Waals surface area contributed by atoms with Crippen molar-refractivity contribution in [1.29, 1.82) is 0 Å². The molecule has 1 saturated carbocycles. The highest BCUT2D eigenvalue weighted by Crippen LogP contribution is 2.33. The second kappa shape index (κ2) is 14.6. The summed E-state index contributed by atoms with van der Waals surface area (Å²) < 4.78 is 24.5. The molecule has 50 heavy (non-hydrogen) atoms. The van der Waals surface area contributed by atoms with Crippen LogP contribution in [0.5, 0.6) is 5.75 Å². The molecule has 2 fully saturated rings. The van der Waals surface area contributed by atoms with Gasteiger partial charge in [0.25, 0.3) is 11.7 Å². The number of H-pyrrole nitrogens is 1. The van der Waals surface area contributed by atoms with Gasteiger partial charge in [0.1, 0.15) is 29.8 Å². The number of benzene rings is 4. The van der Waals surface area contributed by atoms with Crippen LogP contribution in [0.25, 0.3) is 33.5 Å². The quantitative estimate of drug-likeness (QED) is 0.112. The zero-order chi connectivity index (χ0) is 34.8. The number of hydrogen-bond acceptors (Lipinski definition) is 4. The number of halogens is 2. The topological polar surface area (TPSA) is 107 Å². The minimum absolute atomic E-state index is 0.0863. The smallest absolute Gasteiger partial charge is 0.335 e. The van der Waals surface area contributed by atoms with E-state index in [4.69, 9.17) is 16.3 Å². The molecule has 0 atom stereocenters. The molecule has 258 valence electrons. The highest BCUT2D eigenvalue weighted by molar-refractivity contribution is 6.30. The highest BCUT2D eigenvalue weighted by Gasteiger charge is 2.30. The predicted octanol–water partition coefficient (Wildman–Crippen LogP) is 8.35. The summed E-state index contributed by atoms with van der Waals surface area (Å²) in [7, 11) is 0. The number of amides is 1. The van der Waals surface area contributed by atoms with Crippen molar-refractivity contribution in [3.8, 4) is 28.3 Å². The molecular formula is C40H40ClFN3O5+. The van der Waals surface area contributed by atoms with E-state index in [1.807, 2.05) is 42.5 Å². The van der Waals surface area contributed by atoms with Gasteiger partial charge < -0.3 is 19.8 Å². The number of aromatic amines is 1. The lowest BCUT2D eigenvalue weighted by atomic mass is 9.97. The zero-order valence-electron chi connectivity index (χ0n) is 27.7. The summed E-state index contributed by atoms with van der Waals surface area (Å²) in [6.45, 7) is 1.07. The number of carbonyl (C=O) groups excluding carboxylic acids is 1. The summed E-state index contributed by atoms with van der Waals surface area (Å²) in [6.07, 6.45) is 7.13. The Morgan fingerprint density at radius 1 is 0.860 bits per heavy atom. The largest absolute Gasteiger partial charge is 0.489 e. The Morgan fingerprint density at radius 2 is 1.56 bits per heavy atom. The van der Waals surface area contributed by atoms with Gasteiger partial charge in [0.15, 0.2) is 11.0 Å². The van der Waals surface area contributed by atoms with Crippen molar-refractivity contribution in [2.24, 2.45) is 0 Å². The SMILES string of the molecule is O=C(O)c1ccc2c(c1)[nH]c(-c1ccc(OCc3cc(C(=O)N4CCC(O)CC4)ccc3-c3ccc(Cl)cc3)cc1F)[n+]2C1CCCCCC1. The highest BCUT2D eigenvalue weighted by atomic mass is 35.5. The Balaban J connectivity index is 1.19. The predicted molar refractivity (Wildman–Crippen MR) is 190 cm³/mol. The molecule has 1 aliphatic heterocycles. The summed E-state index contributed by atoms with van der Waals surface area (Å²) in [5, 5.41) is 20.1. The number of likely N-dealkylation sites (tertiary alicyclic amines) is 1. The number of ether oxygens (including phenoxy) is 1. The summed E-state index contributed by atoms with van der Waals surface area (Å²) in [5.74, 6) is -0.659. The molecule has 1 aromatic heterocycles. The number of carboxylic acid groups (broad SMARTS) is 1. The average Bonchev–Trinajstić information content (AvgIpc) is 3.28. The maximum absolute atomic E-state index is 16.1. The standard InChI is InChI=1S/C40H39ClFN3O5/c41-29-11-7-25(8-12-29)33-14-9-26(39(47)44-19-17-31(46)18-20-44)21-28(33)24-50-32-13-15-34(35(42)23-32)38-43-36-22-27(40(48)49)10-16-37(36)45(38)30-5-3-1-2-4-6-30/h7-16,21-23,30-31,46H,1-6,17-20,24H2,(H,48,49)/p+1. The molecule has 0 unspecified atom stereocenters. The lowest BCUT2D eigenvalue weighted by Gasteiger charge is -2.29. The van der Waals surface area contributed by atoms with Gasteiger partial charge >= 0.3 is 5.97 Å². The molecule has 0 radical (unpaired) electrons. The Bertz CT molecular complexity index is 2030. The fourth-order valence-corrected chi connectivity index (χ4v) is 7.45. The van der Waals surface area contributed by atoms with Gasteiger partial charge in [0, 0.05) is 35.8 Å². The van der Waals surface area contributed by atoms with Crippen LogP contribution in [-0.2, 0) is 6.61 Å². The molecular weight excluding hydrogens is 657 g/mol. The van der Waals surface area contributed by atoms with Crippen molar-refractivity contribution in [2.75, 3.05) is 13.1 Å². The molecule has 2 heterocycles. The van der Waals surface area contributed by atoms with Crippen molar-refractivity contribution < 1.29 is 33.5 Å². The number of aromatic carboxylic acids is 1. The number of aromatic nitrogens is 2. The fraction of sp³-hybridized carbons (Fsp3) is 0.325. The molecule has 4 aromatic carbocycles. The summed E-state index contributed by atoms with van der Waals surface area (Å²) in [6, 6.07) is 22.9. The lowest BCUT2D eigenvalue weighted by molar-refractivity contribution is -0.689.